The van der Waals surface area contributed by atoms with Gasteiger partial charge in [0.1, 0.15) is 11.5 Å². The molecule has 2 atom stereocenters. The zero-order valence-corrected chi connectivity index (χ0v) is 23.7. The summed E-state index contributed by atoms with van der Waals surface area (Å²) in [5.41, 5.74) is 1.92. The fraction of sp³-hybridized carbons (Fsp3) is 0.483. The van der Waals surface area contributed by atoms with E-state index >= 15 is 0 Å². The van der Waals surface area contributed by atoms with E-state index in [1.807, 2.05) is 48.5 Å². The van der Waals surface area contributed by atoms with Crippen LogP contribution in [0.15, 0.2) is 48.5 Å². The minimum atomic E-state index is -0.432. The number of aliphatic hydroxyl groups is 1. The molecule has 10 nitrogen and oxygen atoms in total. The number of fused-ring (bicyclic) bond motifs is 9. The lowest BCUT2D eigenvalue weighted by atomic mass is 10.0. The smallest absolute Gasteiger partial charge is 0.239 e. The normalized spacial score (nSPS) is 20.2. The second-order valence-corrected chi connectivity index (χ2v) is 9.97. The van der Waals surface area contributed by atoms with Gasteiger partial charge in [-0.2, -0.15) is 0 Å². The van der Waals surface area contributed by atoms with Crippen molar-refractivity contribution in [1.29, 1.82) is 0 Å². The number of piperidine rings is 1. The number of aliphatic hydroxyl groups excluding tert-OH is 1. The summed E-state index contributed by atoms with van der Waals surface area (Å²) in [6.07, 6.45) is 1.39. The predicted octanol–water partition coefficient (Wildman–Crippen LogP) is 1.88. The number of hydrogen-bond acceptors (Lipinski definition) is 7. The SMILES string of the molecule is CNCC(=O)N1CC[C@@H]2OCc3cccc(c3)Oc3ccc(cc3)CCC(=O)N(CCCO)CC(=O)N[C@H]2C1.Cl. The van der Waals surface area contributed by atoms with Crippen molar-refractivity contribution >= 4 is 30.1 Å². The Morgan fingerprint density at radius 2 is 1.90 bits per heavy atom. The van der Waals surface area contributed by atoms with Crippen molar-refractivity contribution < 1.29 is 29.0 Å². The number of amides is 3. The van der Waals surface area contributed by atoms with Gasteiger partial charge in [-0.05, 0) is 61.7 Å². The number of nitrogens with zero attached hydrogens (tertiary/aromatic N) is 2. The fourth-order valence-electron chi connectivity index (χ4n) is 4.91. The summed E-state index contributed by atoms with van der Waals surface area (Å²) >= 11 is 0. The number of carbonyl (C=O) groups excluding carboxylic acids is 3. The zero-order chi connectivity index (χ0) is 27.6. The van der Waals surface area contributed by atoms with E-state index < -0.39 is 6.04 Å². The first-order valence-electron chi connectivity index (χ1n) is 13.5. The molecule has 1 saturated heterocycles. The Hall–Kier alpha value is -3.18. The van der Waals surface area contributed by atoms with E-state index in [9.17, 15) is 19.5 Å². The molecule has 4 bridgehead atoms. The van der Waals surface area contributed by atoms with Gasteiger partial charge in [-0.1, -0.05) is 24.3 Å². The molecule has 3 aliphatic heterocycles. The molecule has 2 aromatic rings. The van der Waals surface area contributed by atoms with Gasteiger partial charge in [0.05, 0.1) is 31.8 Å². The Bertz CT molecular complexity index is 1130. The summed E-state index contributed by atoms with van der Waals surface area (Å²) in [5, 5.41) is 15.3. The molecule has 11 heteroatoms. The number of rotatable bonds is 5. The van der Waals surface area contributed by atoms with Gasteiger partial charge in [0, 0.05) is 32.7 Å². The largest absolute Gasteiger partial charge is 0.457 e. The van der Waals surface area contributed by atoms with Gasteiger partial charge in [-0.25, -0.2) is 0 Å². The quantitative estimate of drug-likeness (QED) is 0.499. The molecule has 218 valence electrons. The maximum atomic E-state index is 13.2. The van der Waals surface area contributed by atoms with Gasteiger partial charge in [-0.15, -0.1) is 12.4 Å². The Morgan fingerprint density at radius 1 is 1.10 bits per heavy atom. The minimum Gasteiger partial charge on any atom is -0.457 e. The van der Waals surface area contributed by atoms with Crippen molar-refractivity contribution in [3.8, 4) is 11.5 Å². The third-order valence-corrected chi connectivity index (χ3v) is 7.00. The van der Waals surface area contributed by atoms with Crippen LogP contribution in [0.1, 0.15) is 30.4 Å². The summed E-state index contributed by atoms with van der Waals surface area (Å²) in [7, 11) is 1.72. The molecule has 0 saturated carbocycles. The predicted molar refractivity (Wildman–Crippen MR) is 152 cm³/mol. The monoisotopic (exact) mass is 574 g/mol. The first kappa shape index (κ1) is 31.3. The van der Waals surface area contributed by atoms with Crippen molar-refractivity contribution in [2.24, 2.45) is 0 Å². The fourth-order valence-corrected chi connectivity index (χ4v) is 4.91. The average molecular weight is 575 g/mol. The van der Waals surface area contributed by atoms with Crippen molar-refractivity contribution in [3.05, 3.63) is 59.7 Å². The Kier molecular flexibility index (Phi) is 12.2. The highest BCUT2D eigenvalue weighted by molar-refractivity contribution is 5.86. The summed E-state index contributed by atoms with van der Waals surface area (Å²) in [5.74, 6) is 0.862. The van der Waals surface area contributed by atoms with Crippen molar-refractivity contribution in [1.82, 2.24) is 20.4 Å². The number of halogens is 1. The van der Waals surface area contributed by atoms with Gasteiger partial charge in [-0.3, -0.25) is 14.4 Å². The van der Waals surface area contributed by atoms with Crippen LogP contribution in [0.3, 0.4) is 0 Å². The third kappa shape index (κ3) is 8.92. The van der Waals surface area contributed by atoms with E-state index in [-0.39, 0.29) is 68.9 Å². The zero-order valence-electron chi connectivity index (χ0n) is 22.8. The maximum Gasteiger partial charge on any atom is 0.239 e. The average Bonchev–Trinajstić information content (AvgIpc) is 2.94. The van der Waals surface area contributed by atoms with Crippen LogP contribution in [0.25, 0.3) is 0 Å². The van der Waals surface area contributed by atoms with Gasteiger partial charge in [0.25, 0.3) is 0 Å². The van der Waals surface area contributed by atoms with Crippen LogP contribution in [0.2, 0.25) is 0 Å². The lowest BCUT2D eigenvalue weighted by molar-refractivity contribution is -0.139. The molecule has 3 amide bonds. The van der Waals surface area contributed by atoms with E-state index in [0.29, 0.717) is 50.5 Å². The maximum absolute atomic E-state index is 13.2. The number of benzene rings is 2. The summed E-state index contributed by atoms with van der Waals surface area (Å²) < 4.78 is 12.3. The van der Waals surface area contributed by atoms with E-state index in [4.69, 9.17) is 9.47 Å². The summed E-state index contributed by atoms with van der Waals surface area (Å²) in [6.45, 7) is 1.46. The van der Waals surface area contributed by atoms with Crippen LogP contribution in [-0.2, 0) is 32.1 Å². The van der Waals surface area contributed by atoms with Crippen molar-refractivity contribution in [2.75, 3.05) is 46.4 Å². The van der Waals surface area contributed by atoms with Crippen LogP contribution in [0, 0.1) is 0 Å². The third-order valence-electron chi connectivity index (χ3n) is 7.00. The van der Waals surface area contributed by atoms with Gasteiger partial charge in [0.15, 0.2) is 0 Å². The number of nitrogens with one attached hydrogen (secondary N) is 2. The molecule has 3 N–H and O–H groups in total. The lowest BCUT2D eigenvalue weighted by Gasteiger charge is -2.39. The van der Waals surface area contributed by atoms with Crippen LogP contribution >= 0.6 is 12.4 Å². The first-order chi connectivity index (χ1) is 18.9. The second kappa shape index (κ2) is 15.6. The number of carbonyl (C=O) groups is 3. The van der Waals surface area contributed by atoms with Gasteiger partial charge < -0.3 is 35.0 Å². The molecule has 0 spiro atoms. The summed E-state index contributed by atoms with van der Waals surface area (Å²) in [4.78, 5) is 42.0. The summed E-state index contributed by atoms with van der Waals surface area (Å²) in [6, 6.07) is 14.9. The molecule has 0 aromatic heterocycles. The molecule has 5 rings (SSSR count). The number of likely N-dealkylation sites (tertiary alicyclic amines) is 1. The lowest BCUT2D eigenvalue weighted by Crippen LogP contribution is -2.59. The Balaban J connectivity index is 0.00000441. The van der Waals surface area contributed by atoms with Gasteiger partial charge >= 0.3 is 0 Å². The van der Waals surface area contributed by atoms with Crippen LogP contribution in [0.4, 0.5) is 0 Å². The number of likely N-dealkylation sites (N-methyl/N-ethyl adjacent to an activating group) is 1. The molecular weight excluding hydrogens is 536 g/mol. The van der Waals surface area contributed by atoms with Crippen LogP contribution < -0.4 is 15.4 Å². The van der Waals surface area contributed by atoms with E-state index in [2.05, 4.69) is 10.6 Å². The molecule has 1 fully saturated rings. The molecule has 3 aliphatic rings. The standard InChI is InChI=1S/C29H38N4O6.ClH/c1-30-17-29(37)33-14-12-26-25(18-33)31-27(35)19-32(13-3-15-34)28(36)11-8-21-6-9-23(10-7-21)39-24-5-2-4-22(16-24)20-38-26;/h2,4-7,9-10,16,25-26,30,34H,3,8,11-15,17-20H2,1H3,(H,31,35);1H/t25-,26-;/m0./s1. The number of hydrogen-bond donors (Lipinski definition) is 3. The highest BCUT2D eigenvalue weighted by Gasteiger charge is 2.33. The molecule has 0 radical (unpaired) electrons. The first-order valence-corrected chi connectivity index (χ1v) is 13.5. The number of ether oxygens (including phenoxy) is 2. The highest BCUT2D eigenvalue weighted by Crippen LogP contribution is 2.24. The molecule has 0 unspecified atom stereocenters. The van der Waals surface area contributed by atoms with E-state index in [1.165, 1.54) is 4.90 Å². The molecule has 2 aromatic carbocycles. The number of aryl methyl sites for hydroxylation is 1. The molecular formula is C29H39ClN4O6. The second-order valence-electron chi connectivity index (χ2n) is 9.97. The van der Waals surface area contributed by atoms with Crippen molar-refractivity contribution in [2.45, 2.75) is 44.4 Å². The molecule has 0 aliphatic carbocycles. The van der Waals surface area contributed by atoms with Gasteiger partial charge in [0.2, 0.25) is 17.7 Å². The Morgan fingerprint density at radius 3 is 2.65 bits per heavy atom. The van der Waals surface area contributed by atoms with Crippen molar-refractivity contribution in [3.63, 3.8) is 0 Å². The highest BCUT2D eigenvalue weighted by atomic mass is 35.5. The molecule has 3 heterocycles. The van der Waals surface area contributed by atoms with E-state index in [1.54, 1.807) is 11.9 Å². The topological polar surface area (TPSA) is 120 Å². The minimum absolute atomic E-state index is 0. The van der Waals surface area contributed by atoms with Crippen LogP contribution in [-0.4, -0.2) is 91.2 Å². The van der Waals surface area contributed by atoms with E-state index in [0.717, 1.165) is 11.1 Å². The molecule has 40 heavy (non-hydrogen) atoms. The Labute approximate surface area is 241 Å². The van der Waals surface area contributed by atoms with Crippen LogP contribution in [0.5, 0.6) is 11.5 Å².